The molecule has 120 valence electrons. The second-order valence-corrected chi connectivity index (χ2v) is 5.23. The van der Waals surface area contributed by atoms with Crippen molar-refractivity contribution in [1.29, 1.82) is 0 Å². The Morgan fingerprint density at radius 1 is 1.19 bits per heavy atom. The van der Waals surface area contributed by atoms with Crippen molar-refractivity contribution in [2.45, 2.75) is 25.8 Å². The summed E-state index contributed by atoms with van der Waals surface area (Å²) in [7, 11) is 0. The van der Waals surface area contributed by atoms with E-state index in [1.807, 2.05) is 6.92 Å². The van der Waals surface area contributed by atoms with E-state index in [2.05, 4.69) is 0 Å². The second kappa shape index (κ2) is 7.61. The first-order chi connectivity index (χ1) is 9.58. The van der Waals surface area contributed by atoms with Gasteiger partial charge in [-0.15, -0.1) is 12.4 Å². The molecule has 1 atom stereocenters. The maximum absolute atomic E-state index is 12.2. The molecule has 21 heavy (non-hydrogen) atoms. The van der Waals surface area contributed by atoms with Crippen LogP contribution in [0.25, 0.3) is 0 Å². The number of nitrogens with zero attached hydrogens (tertiary/aromatic N) is 3. The Bertz CT molecular complexity index is 418. The highest BCUT2D eigenvalue weighted by Crippen LogP contribution is 2.17. The van der Waals surface area contributed by atoms with Gasteiger partial charge in [0.2, 0.25) is 5.91 Å². The Kier molecular flexibility index (Phi) is 6.42. The summed E-state index contributed by atoms with van der Waals surface area (Å²) in [4.78, 5) is 40.5. The zero-order chi connectivity index (χ0) is 14.7. The summed E-state index contributed by atoms with van der Waals surface area (Å²) in [5.41, 5.74) is 5.65. The summed E-state index contributed by atoms with van der Waals surface area (Å²) in [6, 6.07) is 0.0743. The zero-order valence-corrected chi connectivity index (χ0v) is 13.1. The number of hydrogen-bond acceptors (Lipinski definition) is 4. The molecule has 0 spiro atoms. The molecule has 0 saturated carbocycles. The summed E-state index contributed by atoms with van der Waals surface area (Å²) < 4.78 is 0. The Morgan fingerprint density at radius 2 is 1.81 bits per heavy atom. The van der Waals surface area contributed by atoms with Crippen LogP contribution in [0, 0.1) is 0 Å². The first-order valence-corrected chi connectivity index (χ1v) is 7.16. The van der Waals surface area contributed by atoms with Gasteiger partial charge in [-0.1, -0.05) is 0 Å². The molecule has 2 rings (SSSR count). The number of halogens is 1. The lowest BCUT2D eigenvalue weighted by molar-refractivity contribution is -0.157. The van der Waals surface area contributed by atoms with Gasteiger partial charge in [-0.05, 0) is 19.8 Å². The average Bonchev–Trinajstić information content (AvgIpc) is 2.92. The number of likely N-dealkylation sites (tertiary alicyclic amines) is 1. The fraction of sp³-hybridized carbons (Fsp3) is 0.769. The summed E-state index contributed by atoms with van der Waals surface area (Å²) in [5, 5.41) is 0. The van der Waals surface area contributed by atoms with Crippen LogP contribution in [-0.4, -0.2) is 77.7 Å². The van der Waals surface area contributed by atoms with Crippen LogP contribution in [-0.2, 0) is 14.4 Å². The van der Waals surface area contributed by atoms with Gasteiger partial charge in [0, 0.05) is 38.8 Å². The lowest BCUT2D eigenvalue weighted by Crippen LogP contribution is -2.56. The van der Waals surface area contributed by atoms with Gasteiger partial charge in [0.25, 0.3) is 0 Å². The number of rotatable bonds is 4. The van der Waals surface area contributed by atoms with Crippen LogP contribution < -0.4 is 5.73 Å². The van der Waals surface area contributed by atoms with Crippen molar-refractivity contribution < 1.29 is 14.4 Å². The molecule has 0 radical (unpaired) electrons. The molecule has 8 heteroatoms. The van der Waals surface area contributed by atoms with Crippen LogP contribution in [0.1, 0.15) is 19.8 Å². The fourth-order valence-electron chi connectivity index (χ4n) is 2.83. The van der Waals surface area contributed by atoms with E-state index in [1.165, 1.54) is 9.80 Å². The largest absolute Gasteiger partial charge is 0.337 e. The SMILES string of the molecule is CCN1CCN(CC(=O)N2CCCC2CN)C(=O)C1=O.Cl. The molecule has 2 heterocycles. The van der Waals surface area contributed by atoms with E-state index in [0.29, 0.717) is 32.7 Å². The van der Waals surface area contributed by atoms with Gasteiger partial charge < -0.3 is 20.4 Å². The predicted molar refractivity (Wildman–Crippen MR) is 79.9 cm³/mol. The van der Waals surface area contributed by atoms with Crippen LogP contribution in [0.15, 0.2) is 0 Å². The van der Waals surface area contributed by atoms with E-state index in [4.69, 9.17) is 5.73 Å². The van der Waals surface area contributed by atoms with Gasteiger partial charge in [0.1, 0.15) is 6.54 Å². The summed E-state index contributed by atoms with van der Waals surface area (Å²) >= 11 is 0. The van der Waals surface area contributed by atoms with Gasteiger partial charge in [-0.2, -0.15) is 0 Å². The molecule has 0 aromatic heterocycles. The number of carbonyl (C=O) groups excluding carboxylic acids is 3. The number of amides is 3. The molecule has 2 fully saturated rings. The fourth-order valence-corrected chi connectivity index (χ4v) is 2.83. The van der Waals surface area contributed by atoms with Crippen molar-refractivity contribution in [2.24, 2.45) is 5.73 Å². The minimum absolute atomic E-state index is 0. The molecule has 2 aliphatic rings. The van der Waals surface area contributed by atoms with Crippen molar-refractivity contribution in [1.82, 2.24) is 14.7 Å². The van der Waals surface area contributed by atoms with Crippen LogP contribution in [0.4, 0.5) is 0 Å². The molecule has 0 bridgehead atoms. The Hall–Kier alpha value is -1.34. The zero-order valence-electron chi connectivity index (χ0n) is 12.3. The standard InChI is InChI=1S/C13H22N4O3.ClH/c1-2-15-6-7-16(13(20)12(15)19)9-11(18)17-5-3-4-10(17)8-14;/h10H,2-9,14H2,1H3;1H. The minimum Gasteiger partial charge on any atom is -0.337 e. The highest BCUT2D eigenvalue weighted by molar-refractivity contribution is 6.35. The first-order valence-electron chi connectivity index (χ1n) is 7.16. The maximum atomic E-state index is 12.2. The molecule has 2 N–H and O–H groups in total. The number of carbonyl (C=O) groups is 3. The summed E-state index contributed by atoms with van der Waals surface area (Å²) in [6.45, 7) is 4.40. The third kappa shape index (κ3) is 3.65. The van der Waals surface area contributed by atoms with Gasteiger partial charge in [-0.3, -0.25) is 14.4 Å². The number of hydrogen-bond donors (Lipinski definition) is 1. The van der Waals surface area contributed by atoms with Gasteiger partial charge in [-0.25, -0.2) is 0 Å². The lowest BCUT2D eigenvalue weighted by atomic mass is 10.2. The third-order valence-electron chi connectivity index (χ3n) is 4.07. The molecular formula is C13H23ClN4O3. The van der Waals surface area contributed by atoms with E-state index in [-0.39, 0.29) is 30.9 Å². The molecule has 2 saturated heterocycles. The van der Waals surface area contributed by atoms with E-state index >= 15 is 0 Å². The lowest BCUT2D eigenvalue weighted by Gasteiger charge is -2.34. The Balaban J connectivity index is 0.00000220. The molecule has 0 aromatic carbocycles. The Labute approximate surface area is 130 Å². The monoisotopic (exact) mass is 318 g/mol. The van der Waals surface area contributed by atoms with Gasteiger partial charge >= 0.3 is 11.8 Å². The Morgan fingerprint density at radius 3 is 2.43 bits per heavy atom. The van der Waals surface area contributed by atoms with Crippen molar-refractivity contribution in [3.05, 3.63) is 0 Å². The van der Waals surface area contributed by atoms with Crippen LogP contribution in [0.2, 0.25) is 0 Å². The van der Waals surface area contributed by atoms with E-state index in [9.17, 15) is 14.4 Å². The number of nitrogens with two attached hydrogens (primary N) is 1. The number of piperazine rings is 1. The molecule has 3 amide bonds. The smallest absolute Gasteiger partial charge is 0.312 e. The van der Waals surface area contributed by atoms with E-state index in [1.54, 1.807) is 4.90 Å². The average molecular weight is 319 g/mol. The van der Waals surface area contributed by atoms with Gasteiger partial charge in [0.05, 0.1) is 0 Å². The molecule has 0 aromatic rings. The molecule has 1 unspecified atom stereocenters. The van der Waals surface area contributed by atoms with E-state index in [0.717, 1.165) is 12.8 Å². The quantitative estimate of drug-likeness (QED) is 0.677. The molecule has 0 aliphatic carbocycles. The minimum atomic E-state index is -0.574. The molecule has 7 nitrogen and oxygen atoms in total. The van der Waals surface area contributed by atoms with Gasteiger partial charge in [0.15, 0.2) is 0 Å². The van der Waals surface area contributed by atoms with Crippen molar-refractivity contribution in [3.63, 3.8) is 0 Å². The molecular weight excluding hydrogens is 296 g/mol. The van der Waals surface area contributed by atoms with E-state index < -0.39 is 11.8 Å². The van der Waals surface area contributed by atoms with Crippen LogP contribution in [0.5, 0.6) is 0 Å². The predicted octanol–water partition coefficient (Wildman–Crippen LogP) is -0.951. The maximum Gasteiger partial charge on any atom is 0.312 e. The topological polar surface area (TPSA) is 86.9 Å². The summed E-state index contributed by atoms with van der Waals surface area (Å²) in [6.07, 6.45) is 1.86. The first kappa shape index (κ1) is 17.7. The highest BCUT2D eigenvalue weighted by atomic mass is 35.5. The normalized spacial score (nSPS) is 22.6. The van der Waals surface area contributed by atoms with Crippen LogP contribution in [0.3, 0.4) is 0 Å². The summed E-state index contributed by atoms with van der Waals surface area (Å²) in [5.74, 6) is -1.19. The van der Waals surface area contributed by atoms with Crippen LogP contribution >= 0.6 is 12.4 Å². The third-order valence-corrected chi connectivity index (χ3v) is 4.07. The number of likely N-dealkylation sites (N-methyl/N-ethyl adjacent to an activating group) is 1. The van der Waals surface area contributed by atoms with Crippen molar-refractivity contribution in [2.75, 3.05) is 39.3 Å². The molecule has 2 aliphatic heterocycles. The van der Waals surface area contributed by atoms with Crippen molar-refractivity contribution >= 4 is 30.1 Å². The highest BCUT2D eigenvalue weighted by Gasteiger charge is 2.35. The van der Waals surface area contributed by atoms with Crippen molar-refractivity contribution in [3.8, 4) is 0 Å². The second-order valence-electron chi connectivity index (χ2n) is 5.23.